The summed E-state index contributed by atoms with van der Waals surface area (Å²) in [5, 5.41) is 28.2. The van der Waals surface area contributed by atoms with E-state index in [-0.39, 0.29) is 36.5 Å². The Morgan fingerprint density at radius 2 is 0.935 bits per heavy atom. The molecule has 0 aliphatic rings. The van der Waals surface area contributed by atoms with Crippen LogP contribution in [0.25, 0.3) is 0 Å². The summed E-state index contributed by atoms with van der Waals surface area (Å²) in [5.74, 6) is 0. The van der Waals surface area contributed by atoms with Gasteiger partial charge >= 0.3 is 12.2 Å². The second kappa shape index (κ2) is 16.9. The van der Waals surface area contributed by atoms with Crippen LogP contribution in [0, 0.1) is 0 Å². The van der Waals surface area contributed by atoms with Crippen LogP contribution in [0.2, 0.25) is 36.3 Å². The molecule has 46 heavy (non-hydrogen) atoms. The lowest BCUT2D eigenvalue weighted by Crippen LogP contribution is -2.60. The Morgan fingerprint density at radius 3 is 1.22 bits per heavy atom. The van der Waals surface area contributed by atoms with Crippen LogP contribution in [0.1, 0.15) is 52.7 Å². The number of ether oxygens (including phenoxy) is 2. The molecule has 0 spiro atoms. The van der Waals surface area contributed by atoms with Crippen LogP contribution in [0.3, 0.4) is 0 Å². The van der Waals surface area contributed by atoms with Gasteiger partial charge in [-0.2, -0.15) is 0 Å². The lowest BCUT2D eigenvalue weighted by atomic mass is 10.00. The number of benzene rings is 2. The summed E-state index contributed by atoms with van der Waals surface area (Å²) in [5.41, 5.74) is 1.60. The molecule has 0 bridgehead atoms. The lowest BCUT2D eigenvalue weighted by Gasteiger charge is -2.40. The van der Waals surface area contributed by atoms with Gasteiger partial charge in [0.2, 0.25) is 0 Å². The molecule has 258 valence electrons. The summed E-state index contributed by atoms with van der Waals surface area (Å²) in [6, 6.07) is 16.3. The van der Waals surface area contributed by atoms with Gasteiger partial charge in [0.05, 0.1) is 25.3 Å². The molecule has 0 aliphatic heterocycles. The standard InChI is InChI=1S/C34H56N2O8Si2/c1-33(2,3)45(7,8)43-23-27(35-31(39)41-21-25-17-13-11-14-18-25)29(37)30(38)28(24-44-46(9,10)34(4,5)6)36-32(40)42-22-26-19-15-12-16-20-26/h11-20,27-30,37-38H,21-24H2,1-10H3,(H,35,39)(H,36,40)/t27-,28-,29+,30+/m0/s1. The van der Waals surface area contributed by atoms with Gasteiger partial charge in [-0.15, -0.1) is 0 Å². The Balaban J connectivity index is 2.27. The van der Waals surface area contributed by atoms with Crippen molar-refractivity contribution in [1.29, 1.82) is 0 Å². The molecule has 0 saturated carbocycles. The molecule has 12 heteroatoms. The third-order valence-electron chi connectivity index (χ3n) is 9.07. The highest BCUT2D eigenvalue weighted by Crippen LogP contribution is 2.37. The zero-order valence-corrected chi connectivity index (χ0v) is 31.3. The third kappa shape index (κ3) is 12.5. The zero-order valence-electron chi connectivity index (χ0n) is 29.3. The van der Waals surface area contributed by atoms with Gasteiger partial charge < -0.3 is 39.2 Å². The average Bonchev–Trinajstić information content (AvgIpc) is 2.98. The first kappa shape index (κ1) is 39.4. The van der Waals surface area contributed by atoms with Crippen molar-refractivity contribution in [3.05, 3.63) is 71.8 Å². The topological polar surface area (TPSA) is 136 Å². The monoisotopic (exact) mass is 676 g/mol. The summed E-state index contributed by atoms with van der Waals surface area (Å²) in [4.78, 5) is 25.9. The number of alkyl carbamates (subject to hydrolysis) is 2. The number of carbonyl (C=O) groups is 2. The minimum Gasteiger partial charge on any atom is -0.445 e. The van der Waals surface area contributed by atoms with Crippen molar-refractivity contribution in [2.24, 2.45) is 0 Å². The highest BCUT2D eigenvalue weighted by molar-refractivity contribution is 6.74. The van der Waals surface area contributed by atoms with Gasteiger partial charge in [0, 0.05) is 0 Å². The predicted octanol–water partition coefficient (Wildman–Crippen LogP) is 6.34. The van der Waals surface area contributed by atoms with Crippen LogP contribution in [-0.4, -0.2) is 76.5 Å². The maximum Gasteiger partial charge on any atom is 0.407 e. The number of nitrogens with one attached hydrogen (secondary N) is 2. The molecule has 0 aromatic heterocycles. The van der Waals surface area contributed by atoms with Crippen molar-refractivity contribution in [2.75, 3.05) is 13.2 Å². The molecule has 2 amide bonds. The number of carbonyl (C=O) groups excluding carboxylic acids is 2. The van der Waals surface area contributed by atoms with E-state index in [1.807, 2.05) is 60.7 Å². The van der Waals surface area contributed by atoms with Crippen molar-refractivity contribution < 1.29 is 38.1 Å². The number of aliphatic hydroxyl groups excluding tert-OH is 2. The first-order valence-corrected chi connectivity index (χ1v) is 21.6. The van der Waals surface area contributed by atoms with Gasteiger partial charge in [-0.3, -0.25) is 0 Å². The van der Waals surface area contributed by atoms with Crippen molar-refractivity contribution in [2.45, 2.75) is 115 Å². The van der Waals surface area contributed by atoms with Crippen LogP contribution in [0.5, 0.6) is 0 Å². The highest BCUT2D eigenvalue weighted by atomic mass is 28.4. The molecule has 0 heterocycles. The fourth-order valence-corrected chi connectivity index (χ4v) is 5.85. The maximum atomic E-state index is 12.9. The van der Waals surface area contributed by atoms with E-state index < -0.39 is 53.1 Å². The molecule has 0 unspecified atom stereocenters. The van der Waals surface area contributed by atoms with Crippen LogP contribution >= 0.6 is 0 Å². The lowest BCUT2D eigenvalue weighted by molar-refractivity contribution is -0.0405. The minimum atomic E-state index is -2.32. The fourth-order valence-electron chi connectivity index (χ4n) is 3.79. The van der Waals surface area contributed by atoms with E-state index in [0.717, 1.165) is 11.1 Å². The Bertz CT molecular complexity index is 1120. The quantitative estimate of drug-likeness (QED) is 0.161. The van der Waals surface area contributed by atoms with Crippen molar-refractivity contribution in [3.8, 4) is 0 Å². The number of rotatable bonds is 15. The molecule has 10 nitrogen and oxygen atoms in total. The number of hydrogen-bond donors (Lipinski definition) is 4. The van der Waals surface area contributed by atoms with E-state index in [4.69, 9.17) is 18.3 Å². The van der Waals surface area contributed by atoms with Crippen molar-refractivity contribution in [3.63, 3.8) is 0 Å². The van der Waals surface area contributed by atoms with Crippen LogP contribution < -0.4 is 10.6 Å². The SMILES string of the molecule is CC(C)(C)[Si](C)(C)OC[C@H](NC(=O)OCc1ccccc1)[C@@H](O)[C@H](O)[C@H](CO[Si](C)(C)C(C)(C)C)NC(=O)OCc1ccccc1. The van der Waals surface area contributed by atoms with Gasteiger partial charge in [-0.05, 0) is 47.4 Å². The molecule has 0 aliphatic carbocycles. The first-order chi connectivity index (χ1) is 21.2. The van der Waals surface area contributed by atoms with E-state index in [1.54, 1.807) is 0 Å². The second-order valence-electron chi connectivity index (χ2n) is 14.7. The number of hydrogen-bond acceptors (Lipinski definition) is 8. The molecule has 0 radical (unpaired) electrons. The van der Waals surface area contributed by atoms with E-state index in [9.17, 15) is 19.8 Å². The number of aliphatic hydroxyl groups is 2. The number of amides is 2. The van der Waals surface area contributed by atoms with E-state index in [1.165, 1.54) is 0 Å². The molecular formula is C34H56N2O8Si2. The normalized spacial score (nSPS) is 15.3. The molecule has 4 atom stereocenters. The molecule has 2 aromatic rings. The average molecular weight is 677 g/mol. The Kier molecular flexibility index (Phi) is 14.5. The summed E-state index contributed by atoms with van der Waals surface area (Å²) < 4.78 is 23.6. The van der Waals surface area contributed by atoms with Gasteiger partial charge in [-0.1, -0.05) is 102 Å². The van der Waals surface area contributed by atoms with Crippen molar-refractivity contribution >= 4 is 28.8 Å². The van der Waals surface area contributed by atoms with Gasteiger partial charge in [0.25, 0.3) is 0 Å². The Labute approximate surface area is 277 Å². The third-order valence-corrected chi connectivity index (χ3v) is 18.1. The molecule has 4 N–H and O–H groups in total. The first-order valence-electron chi connectivity index (χ1n) is 15.8. The summed E-state index contributed by atoms with van der Waals surface area (Å²) in [6.07, 6.45) is -4.67. The summed E-state index contributed by atoms with van der Waals surface area (Å²) in [7, 11) is -4.64. The summed E-state index contributed by atoms with van der Waals surface area (Å²) >= 11 is 0. The zero-order chi connectivity index (χ0) is 34.8. The fraction of sp³-hybridized carbons (Fsp3) is 0.588. The van der Waals surface area contributed by atoms with E-state index in [0.29, 0.717) is 0 Å². The van der Waals surface area contributed by atoms with Crippen LogP contribution in [0.4, 0.5) is 9.59 Å². The Morgan fingerprint density at radius 1 is 0.630 bits per heavy atom. The van der Waals surface area contributed by atoms with Gasteiger partial charge in [0.1, 0.15) is 25.4 Å². The van der Waals surface area contributed by atoms with E-state index in [2.05, 4.69) is 78.4 Å². The van der Waals surface area contributed by atoms with Gasteiger partial charge in [0.15, 0.2) is 16.6 Å². The van der Waals surface area contributed by atoms with Crippen molar-refractivity contribution in [1.82, 2.24) is 10.6 Å². The minimum absolute atomic E-state index is 0.0267. The largest absolute Gasteiger partial charge is 0.445 e. The highest BCUT2D eigenvalue weighted by Gasteiger charge is 2.42. The smallest absolute Gasteiger partial charge is 0.407 e. The van der Waals surface area contributed by atoms with Gasteiger partial charge in [-0.25, -0.2) is 9.59 Å². The molecule has 0 fully saturated rings. The van der Waals surface area contributed by atoms with E-state index >= 15 is 0 Å². The van der Waals surface area contributed by atoms with Crippen LogP contribution in [0.15, 0.2) is 60.7 Å². The van der Waals surface area contributed by atoms with Crippen LogP contribution in [-0.2, 0) is 31.5 Å². The maximum absolute atomic E-state index is 12.9. The molecule has 2 aromatic carbocycles. The molecule has 0 saturated heterocycles. The second-order valence-corrected chi connectivity index (χ2v) is 24.4. The molecular weight excluding hydrogens is 621 g/mol. The predicted molar refractivity (Wildman–Crippen MR) is 185 cm³/mol. The Hall–Kier alpha value is -2.75. The summed E-state index contributed by atoms with van der Waals surface area (Å²) in [6.45, 7) is 20.6. The molecule has 2 rings (SSSR count).